The van der Waals surface area contributed by atoms with Gasteiger partial charge < -0.3 is 15.5 Å². The van der Waals surface area contributed by atoms with E-state index in [0.717, 1.165) is 13.0 Å². The maximum absolute atomic E-state index is 11.1. The summed E-state index contributed by atoms with van der Waals surface area (Å²) in [5.41, 5.74) is -1.58. The predicted octanol–water partition coefficient (Wildman–Crippen LogP) is -0.0861. The van der Waals surface area contributed by atoms with Crippen molar-refractivity contribution in [2.24, 2.45) is 11.3 Å². The number of fused-ring (bicyclic) bond motifs is 3. The van der Waals surface area contributed by atoms with E-state index < -0.39 is 23.4 Å². The normalized spacial score (nSPS) is 34.0. The van der Waals surface area contributed by atoms with Crippen LogP contribution in [0.1, 0.15) is 19.3 Å². The fraction of sp³-hybridized carbons (Fsp3) is 0.778. The highest BCUT2D eigenvalue weighted by molar-refractivity contribution is 5.99. The van der Waals surface area contributed by atoms with E-state index >= 15 is 0 Å². The molecule has 2 bridgehead atoms. The molecular formula is C9H13NO4. The van der Waals surface area contributed by atoms with Gasteiger partial charge in [-0.05, 0) is 31.7 Å². The zero-order chi connectivity index (χ0) is 10.3. The second-order valence-electron chi connectivity index (χ2n) is 4.19. The van der Waals surface area contributed by atoms with E-state index in [2.05, 4.69) is 5.32 Å². The van der Waals surface area contributed by atoms with Gasteiger partial charge in [0.25, 0.3) is 0 Å². The van der Waals surface area contributed by atoms with Crippen molar-refractivity contribution in [3.8, 4) is 0 Å². The minimum absolute atomic E-state index is 0.201. The fourth-order valence-corrected chi connectivity index (χ4v) is 2.67. The summed E-state index contributed by atoms with van der Waals surface area (Å²) in [7, 11) is 0. The minimum atomic E-state index is -1.58. The van der Waals surface area contributed by atoms with Gasteiger partial charge in [0.1, 0.15) is 0 Å². The highest BCUT2D eigenvalue weighted by Crippen LogP contribution is 2.43. The van der Waals surface area contributed by atoms with Gasteiger partial charge in [0.15, 0.2) is 5.41 Å². The Bertz CT molecular complexity index is 267. The largest absolute Gasteiger partial charge is 0.480 e. The Kier molecular flexibility index (Phi) is 1.99. The smallest absolute Gasteiger partial charge is 0.322 e. The van der Waals surface area contributed by atoms with Crippen LogP contribution in [-0.2, 0) is 9.59 Å². The molecule has 0 aromatic carbocycles. The number of carboxylic acids is 2. The number of nitrogens with one attached hydrogen (secondary N) is 1. The molecule has 0 spiro atoms. The molecule has 0 aromatic rings. The SMILES string of the molecule is O=C(O)C1(C(=O)O)CC2CCC1NC2. The molecule has 14 heavy (non-hydrogen) atoms. The van der Waals surface area contributed by atoms with Gasteiger partial charge in [0.2, 0.25) is 0 Å². The van der Waals surface area contributed by atoms with Crippen LogP contribution >= 0.6 is 0 Å². The maximum atomic E-state index is 11.1. The van der Waals surface area contributed by atoms with Gasteiger partial charge in [-0.1, -0.05) is 0 Å². The predicted molar refractivity (Wildman–Crippen MR) is 46.8 cm³/mol. The lowest BCUT2D eigenvalue weighted by Gasteiger charge is -2.46. The molecule has 3 N–H and O–H groups in total. The van der Waals surface area contributed by atoms with Gasteiger partial charge in [-0.25, -0.2) is 0 Å². The van der Waals surface area contributed by atoms with Crippen LogP contribution < -0.4 is 5.32 Å². The van der Waals surface area contributed by atoms with Gasteiger partial charge in [0, 0.05) is 6.04 Å². The number of carboxylic acid groups (broad SMARTS) is 2. The zero-order valence-corrected chi connectivity index (χ0v) is 7.69. The van der Waals surface area contributed by atoms with E-state index in [4.69, 9.17) is 10.2 Å². The van der Waals surface area contributed by atoms with Gasteiger partial charge in [-0.2, -0.15) is 0 Å². The molecule has 3 rings (SSSR count). The molecule has 2 unspecified atom stereocenters. The molecule has 0 aromatic heterocycles. The van der Waals surface area contributed by atoms with Gasteiger partial charge in [-0.3, -0.25) is 9.59 Å². The quantitative estimate of drug-likeness (QED) is 0.541. The third-order valence-corrected chi connectivity index (χ3v) is 3.49. The van der Waals surface area contributed by atoms with Crippen LogP contribution in [0.2, 0.25) is 0 Å². The summed E-state index contributed by atoms with van der Waals surface area (Å²) in [5, 5.41) is 21.1. The number of hydrogen-bond donors (Lipinski definition) is 3. The molecule has 2 aliphatic heterocycles. The monoisotopic (exact) mass is 199 g/mol. The van der Waals surface area contributed by atoms with Gasteiger partial charge >= 0.3 is 11.9 Å². The molecule has 5 nitrogen and oxygen atoms in total. The van der Waals surface area contributed by atoms with Crippen molar-refractivity contribution in [2.75, 3.05) is 6.54 Å². The highest BCUT2D eigenvalue weighted by atomic mass is 16.4. The Morgan fingerprint density at radius 1 is 1.21 bits per heavy atom. The fourth-order valence-electron chi connectivity index (χ4n) is 2.67. The van der Waals surface area contributed by atoms with Crippen molar-refractivity contribution in [1.82, 2.24) is 5.32 Å². The topological polar surface area (TPSA) is 86.6 Å². The standard InChI is InChI=1S/C9H13NO4/c11-7(12)9(8(13)14)3-5-1-2-6(9)10-4-5/h5-6,10H,1-4H2,(H,11,12)(H,13,14). The van der Waals surface area contributed by atoms with E-state index in [1.807, 2.05) is 0 Å². The lowest BCUT2D eigenvalue weighted by atomic mass is 9.63. The molecular weight excluding hydrogens is 186 g/mol. The summed E-state index contributed by atoms with van der Waals surface area (Å²) in [5.74, 6) is -2.20. The van der Waals surface area contributed by atoms with Crippen molar-refractivity contribution in [3.63, 3.8) is 0 Å². The maximum Gasteiger partial charge on any atom is 0.322 e. The summed E-state index contributed by atoms with van der Waals surface area (Å²) >= 11 is 0. The van der Waals surface area contributed by atoms with Gasteiger partial charge in [-0.15, -0.1) is 0 Å². The number of piperidine rings is 2. The number of aliphatic carboxylic acids is 2. The van der Waals surface area contributed by atoms with Gasteiger partial charge in [0.05, 0.1) is 0 Å². The molecule has 0 radical (unpaired) electrons. The lowest BCUT2D eigenvalue weighted by Crippen LogP contribution is -2.63. The van der Waals surface area contributed by atoms with E-state index in [9.17, 15) is 9.59 Å². The Hall–Kier alpha value is -1.10. The first kappa shape index (κ1) is 9.45. The highest BCUT2D eigenvalue weighted by Gasteiger charge is 2.58. The third-order valence-electron chi connectivity index (χ3n) is 3.49. The Balaban J connectivity index is 2.36. The molecule has 2 atom stereocenters. The molecule has 5 heteroatoms. The van der Waals surface area contributed by atoms with Crippen LogP contribution in [0, 0.1) is 11.3 Å². The van der Waals surface area contributed by atoms with Crippen molar-refractivity contribution in [3.05, 3.63) is 0 Å². The molecule has 2 saturated heterocycles. The second-order valence-corrected chi connectivity index (χ2v) is 4.19. The summed E-state index contributed by atoms with van der Waals surface area (Å²) in [4.78, 5) is 22.2. The van der Waals surface area contributed by atoms with Crippen LogP contribution in [0.15, 0.2) is 0 Å². The first-order valence-electron chi connectivity index (χ1n) is 4.77. The third kappa shape index (κ3) is 1.05. The van der Waals surface area contributed by atoms with Crippen molar-refractivity contribution in [1.29, 1.82) is 0 Å². The Morgan fingerprint density at radius 3 is 2.07 bits per heavy atom. The minimum Gasteiger partial charge on any atom is -0.480 e. The zero-order valence-electron chi connectivity index (χ0n) is 7.69. The summed E-state index contributed by atoms with van der Waals surface area (Å²) < 4.78 is 0. The molecule has 0 amide bonds. The van der Waals surface area contributed by atoms with Crippen molar-refractivity contribution >= 4 is 11.9 Å². The first-order valence-corrected chi connectivity index (χ1v) is 4.77. The molecule has 1 saturated carbocycles. The van der Waals surface area contributed by atoms with E-state index in [-0.39, 0.29) is 12.3 Å². The van der Waals surface area contributed by atoms with E-state index in [1.165, 1.54) is 0 Å². The average molecular weight is 199 g/mol. The Labute approximate surface area is 81.1 Å². The van der Waals surface area contributed by atoms with Crippen LogP contribution in [0.5, 0.6) is 0 Å². The van der Waals surface area contributed by atoms with Crippen LogP contribution in [-0.4, -0.2) is 34.7 Å². The van der Waals surface area contributed by atoms with Crippen molar-refractivity contribution in [2.45, 2.75) is 25.3 Å². The number of hydrogen-bond acceptors (Lipinski definition) is 3. The molecule has 3 fully saturated rings. The van der Waals surface area contributed by atoms with E-state index in [1.54, 1.807) is 0 Å². The average Bonchev–Trinajstić information content (AvgIpc) is 2.18. The summed E-state index contributed by atoms with van der Waals surface area (Å²) in [6, 6.07) is -0.400. The van der Waals surface area contributed by atoms with Crippen LogP contribution in [0.3, 0.4) is 0 Å². The number of rotatable bonds is 2. The number of carbonyl (C=O) groups is 2. The van der Waals surface area contributed by atoms with Crippen LogP contribution in [0.4, 0.5) is 0 Å². The Morgan fingerprint density at radius 2 is 1.86 bits per heavy atom. The second kappa shape index (κ2) is 2.95. The first-order chi connectivity index (χ1) is 6.57. The molecule has 3 aliphatic rings. The lowest BCUT2D eigenvalue weighted by molar-refractivity contribution is -0.173. The molecule has 2 heterocycles. The summed E-state index contributed by atoms with van der Waals surface area (Å²) in [6.45, 7) is 0.757. The van der Waals surface area contributed by atoms with E-state index in [0.29, 0.717) is 6.42 Å². The summed E-state index contributed by atoms with van der Waals surface area (Å²) in [6.07, 6.45) is 1.87. The molecule has 78 valence electrons. The van der Waals surface area contributed by atoms with Crippen LogP contribution in [0.25, 0.3) is 0 Å². The molecule has 1 aliphatic carbocycles. The van der Waals surface area contributed by atoms with Crippen molar-refractivity contribution < 1.29 is 19.8 Å².